The third-order valence-corrected chi connectivity index (χ3v) is 8.41. The lowest BCUT2D eigenvalue weighted by Gasteiger charge is -2.33. The van der Waals surface area contributed by atoms with Gasteiger partial charge in [0.05, 0.1) is 15.9 Å². The second kappa shape index (κ2) is 7.22. The van der Waals surface area contributed by atoms with E-state index in [2.05, 4.69) is 9.68 Å². The fraction of sp³-hybridized carbons (Fsp3) is 0.600. The Kier molecular flexibility index (Phi) is 5.33. The Morgan fingerprint density at radius 3 is 2.50 bits per heavy atom. The monoisotopic (exact) mass is 404 g/mol. The Morgan fingerprint density at radius 1 is 1.31 bits per heavy atom. The number of rotatable bonds is 6. The molecule has 0 spiro atoms. The molecule has 3 rings (SSSR count). The van der Waals surface area contributed by atoms with Crippen LogP contribution in [-0.4, -0.2) is 42.0 Å². The largest absolute Gasteiger partial charge is 0.379 e. The number of thiol groups is 1. The maximum Gasteiger partial charge on any atom is 0.293 e. The van der Waals surface area contributed by atoms with Crippen LogP contribution in [-0.2, 0) is 20.1 Å². The molecule has 9 nitrogen and oxygen atoms in total. The summed E-state index contributed by atoms with van der Waals surface area (Å²) in [7, 11) is -6.13. The molecule has 1 aromatic rings. The lowest BCUT2D eigenvalue weighted by molar-refractivity contribution is -0.384. The third-order valence-electron chi connectivity index (χ3n) is 4.79. The summed E-state index contributed by atoms with van der Waals surface area (Å²) in [4.78, 5) is 10.3. The van der Waals surface area contributed by atoms with Gasteiger partial charge in [0, 0.05) is 24.1 Å². The van der Waals surface area contributed by atoms with E-state index < -0.39 is 25.1 Å². The Morgan fingerprint density at radius 2 is 1.96 bits per heavy atom. The summed E-state index contributed by atoms with van der Waals surface area (Å²) in [5.41, 5.74) is -0.0548. The van der Waals surface area contributed by atoms with Gasteiger partial charge in [-0.2, -0.15) is 0 Å². The maximum atomic E-state index is 11.4. The summed E-state index contributed by atoms with van der Waals surface area (Å²) in [5.74, 6) is 1.71. The van der Waals surface area contributed by atoms with Crippen molar-refractivity contribution in [2.45, 2.75) is 36.6 Å². The molecule has 1 saturated heterocycles. The van der Waals surface area contributed by atoms with Crippen molar-refractivity contribution in [1.29, 1.82) is 0 Å². The summed E-state index contributed by atoms with van der Waals surface area (Å²) in [6.07, 6.45) is 3.84. The van der Waals surface area contributed by atoms with Gasteiger partial charge in [0.25, 0.3) is 5.69 Å². The van der Waals surface area contributed by atoms with Crippen LogP contribution in [0.2, 0.25) is 0 Å². The normalized spacial score (nSPS) is 23.8. The lowest BCUT2D eigenvalue weighted by Crippen LogP contribution is -2.32. The number of benzene rings is 1. The van der Waals surface area contributed by atoms with Crippen LogP contribution in [0.25, 0.3) is 0 Å². The van der Waals surface area contributed by atoms with Gasteiger partial charge in [-0.15, -0.1) is 10.1 Å². The van der Waals surface area contributed by atoms with Gasteiger partial charge in [-0.1, -0.05) is 0 Å². The molecule has 1 saturated carbocycles. The Hall–Kier alpha value is -1.56. The zero-order chi connectivity index (χ0) is 18.9. The van der Waals surface area contributed by atoms with E-state index >= 15 is 0 Å². The van der Waals surface area contributed by atoms with E-state index in [4.69, 9.17) is 5.14 Å². The van der Waals surface area contributed by atoms with Crippen LogP contribution in [0.3, 0.4) is 0 Å². The second-order valence-electron chi connectivity index (χ2n) is 6.98. The van der Waals surface area contributed by atoms with E-state index in [1.54, 1.807) is 0 Å². The van der Waals surface area contributed by atoms with Crippen molar-refractivity contribution in [2.75, 3.05) is 23.4 Å². The molecule has 0 atom stereocenters. The first-order valence-corrected chi connectivity index (χ1v) is 12.1. The molecule has 11 heteroatoms. The number of hydrogen-bond donors (Lipinski definition) is 4. The molecule has 1 aromatic carbocycles. The molecule has 1 aliphatic heterocycles. The van der Waals surface area contributed by atoms with Crippen LogP contribution in [0.15, 0.2) is 27.5 Å². The van der Waals surface area contributed by atoms with E-state index in [0.717, 1.165) is 31.7 Å². The number of hydrogen-bond acceptors (Lipinski definition) is 6. The zero-order valence-corrected chi connectivity index (χ0v) is 16.0. The van der Waals surface area contributed by atoms with E-state index in [1.807, 2.05) is 0 Å². The van der Waals surface area contributed by atoms with Crippen LogP contribution < -0.4 is 10.5 Å². The number of nitrogens with one attached hydrogen (secondary N) is 1. The molecule has 0 radical (unpaired) electrons. The Labute approximate surface area is 153 Å². The van der Waals surface area contributed by atoms with Crippen molar-refractivity contribution in [3.63, 3.8) is 0 Å². The minimum Gasteiger partial charge on any atom is -0.379 e. The summed E-state index contributed by atoms with van der Waals surface area (Å²) in [6, 6.07) is 3.96. The number of nitrogens with two attached hydrogens (primary N) is 1. The highest BCUT2D eigenvalue weighted by molar-refractivity contribution is 7.99. The van der Waals surface area contributed by atoms with Crippen molar-refractivity contribution in [2.24, 2.45) is 15.4 Å². The van der Waals surface area contributed by atoms with Gasteiger partial charge in [0.15, 0.2) is 0 Å². The molecule has 0 unspecified atom stereocenters. The zero-order valence-electron chi connectivity index (χ0n) is 14.2. The summed E-state index contributed by atoms with van der Waals surface area (Å²) < 4.78 is 37.9. The van der Waals surface area contributed by atoms with Crippen LogP contribution in [0, 0.1) is 16.0 Å². The van der Waals surface area contributed by atoms with Gasteiger partial charge in [-0.05, 0) is 43.7 Å². The highest BCUT2D eigenvalue weighted by Gasteiger charge is 2.28. The SMILES string of the molecule is NS(=O)(=O)c1ccc(NCC2CC[SH](O)(=NC3CC3)CC2)c([N+](=O)[O-])c1. The molecule has 4 N–H and O–H groups in total. The van der Waals surface area contributed by atoms with Gasteiger partial charge in [-0.3, -0.25) is 14.5 Å². The van der Waals surface area contributed by atoms with Crippen molar-refractivity contribution in [3.05, 3.63) is 28.3 Å². The number of nitrogens with zero attached hydrogens (tertiary/aromatic N) is 2. The molecular weight excluding hydrogens is 380 g/mol. The molecule has 146 valence electrons. The van der Waals surface area contributed by atoms with Crippen molar-refractivity contribution in [1.82, 2.24) is 0 Å². The highest BCUT2D eigenvalue weighted by atomic mass is 32.3. The number of nitro groups is 1. The molecule has 0 aromatic heterocycles. The van der Waals surface area contributed by atoms with Crippen LogP contribution in [0.1, 0.15) is 25.7 Å². The number of anilines is 1. The third kappa shape index (κ3) is 4.78. The van der Waals surface area contributed by atoms with E-state index in [0.29, 0.717) is 30.0 Å². The van der Waals surface area contributed by atoms with E-state index in [-0.39, 0.29) is 16.3 Å². The average Bonchev–Trinajstić information content (AvgIpc) is 3.36. The fourth-order valence-electron chi connectivity index (χ4n) is 3.09. The molecule has 26 heavy (non-hydrogen) atoms. The first kappa shape index (κ1) is 19.2. The van der Waals surface area contributed by atoms with Crippen molar-refractivity contribution in [3.8, 4) is 0 Å². The predicted octanol–water partition coefficient (Wildman–Crippen LogP) is 1.77. The second-order valence-corrected chi connectivity index (χ2v) is 11.4. The van der Waals surface area contributed by atoms with Gasteiger partial charge in [0.2, 0.25) is 10.0 Å². The van der Waals surface area contributed by atoms with Crippen molar-refractivity contribution >= 4 is 31.5 Å². The minimum absolute atomic E-state index is 0.265. The summed E-state index contributed by atoms with van der Waals surface area (Å²) >= 11 is 0. The Bertz CT molecular complexity index is 855. The fourth-order valence-corrected chi connectivity index (χ4v) is 6.48. The first-order valence-electron chi connectivity index (χ1n) is 8.54. The molecule has 1 heterocycles. The Balaban J connectivity index is 1.64. The van der Waals surface area contributed by atoms with E-state index in [9.17, 15) is 23.1 Å². The van der Waals surface area contributed by atoms with Gasteiger partial charge in [0.1, 0.15) is 5.69 Å². The van der Waals surface area contributed by atoms with Gasteiger partial charge in [-0.25, -0.2) is 13.6 Å². The van der Waals surface area contributed by atoms with Crippen molar-refractivity contribution < 1.29 is 17.9 Å². The van der Waals surface area contributed by atoms with E-state index in [1.165, 1.54) is 12.1 Å². The highest BCUT2D eigenvalue weighted by Crippen LogP contribution is 2.32. The standard InChI is InChI=1S/C15H24N4O5S2/c16-26(23,24)13-3-4-14(15(9-13)19(20)21)17-10-11-5-7-25(22,8-6-11)18-12-1-2-12/h3-4,9,11-12,17,25H,1-2,5-8,10H2,(H,18,22)(H2,16,23,24). The lowest BCUT2D eigenvalue weighted by atomic mass is 10.0. The smallest absolute Gasteiger partial charge is 0.293 e. The summed E-state index contributed by atoms with van der Waals surface area (Å²) in [6.45, 7) is 0.527. The molecule has 0 bridgehead atoms. The predicted molar refractivity (Wildman–Crippen MR) is 102 cm³/mol. The topological polar surface area (TPSA) is 148 Å². The quantitative estimate of drug-likeness (QED) is 0.323. The number of primary sulfonamides is 1. The molecule has 2 aliphatic rings. The first-order chi connectivity index (χ1) is 12.2. The van der Waals surface area contributed by atoms with Gasteiger partial charge >= 0.3 is 0 Å². The maximum absolute atomic E-state index is 11.4. The minimum atomic E-state index is -4.00. The molecular formula is C15H24N4O5S2. The number of nitro benzene ring substituents is 1. The molecule has 2 fully saturated rings. The summed E-state index contributed by atoms with van der Waals surface area (Å²) in [5, 5.41) is 19.3. The average molecular weight is 405 g/mol. The molecule has 1 aliphatic carbocycles. The van der Waals surface area contributed by atoms with Crippen LogP contribution in [0.4, 0.5) is 11.4 Å². The van der Waals surface area contributed by atoms with Crippen LogP contribution in [0.5, 0.6) is 0 Å². The molecule has 0 amide bonds. The van der Waals surface area contributed by atoms with Crippen LogP contribution >= 0.6 is 0 Å². The number of sulfonamides is 1. The van der Waals surface area contributed by atoms with Gasteiger partial charge < -0.3 is 9.87 Å².